The minimum atomic E-state index is 0.531. The monoisotopic (exact) mass is 226 g/mol. The van der Waals surface area contributed by atoms with Crippen LogP contribution in [0.3, 0.4) is 0 Å². The number of hydrogen-bond acceptors (Lipinski definition) is 2. The van der Waals surface area contributed by atoms with Gasteiger partial charge in [-0.2, -0.15) is 5.26 Å². The summed E-state index contributed by atoms with van der Waals surface area (Å²) in [4.78, 5) is 2.40. The molecule has 0 unspecified atom stereocenters. The van der Waals surface area contributed by atoms with Crippen LogP contribution in [0.2, 0.25) is 0 Å². The van der Waals surface area contributed by atoms with Gasteiger partial charge in [0.2, 0.25) is 0 Å². The smallest absolute Gasteiger partial charge is 0.0635 e. The third-order valence-corrected chi connectivity index (χ3v) is 2.75. The van der Waals surface area contributed by atoms with E-state index in [0.717, 1.165) is 6.54 Å². The zero-order chi connectivity index (χ0) is 13.0. The Morgan fingerprint density at radius 2 is 1.50 bits per heavy atom. The van der Waals surface area contributed by atoms with Gasteiger partial charge in [0, 0.05) is 13.0 Å². The van der Waals surface area contributed by atoms with Crippen molar-refractivity contribution in [2.75, 3.05) is 19.6 Å². The summed E-state index contributed by atoms with van der Waals surface area (Å²) in [5.74, 6) is 0. The van der Waals surface area contributed by atoms with Gasteiger partial charge < -0.3 is 4.90 Å². The zero-order valence-corrected chi connectivity index (χ0v) is 12.1. The van der Waals surface area contributed by atoms with Crippen molar-refractivity contribution < 1.29 is 0 Å². The lowest BCUT2D eigenvalue weighted by atomic mass is 9.83. The van der Waals surface area contributed by atoms with Crippen molar-refractivity contribution in [3.8, 4) is 6.07 Å². The van der Waals surface area contributed by atoms with Gasteiger partial charge in [-0.15, -0.1) is 0 Å². The fourth-order valence-corrected chi connectivity index (χ4v) is 1.59. The fraction of sp³-hybridized carbons (Fsp3) is 0.929. The molecule has 2 nitrogen and oxygen atoms in total. The molecule has 96 valence electrons. The van der Waals surface area contributed by atoms with Crippen molar-refractivity contribution in [2.24, 2.45) is 5.41 Å². The highest BCUT2D eigenvalue weighted by molar-refractivity contribution is 4.80. The summed E-state index contributed by atoms with van der Waals surface area (Å²) in [5, 5.41) is 8.42. The lowest BCUT2D eigenvalue weighted by Gasteiger charge is -2.36. The summed E-state index contributed by atoms with van der Waals surface area (Å²) in [7, 11) is 0. The quantitative estimate of drug-likeness (QED) is 0.709. The Bertz CT molecular complexity index is 170. The van der Waals surface area contributed by atoms with Crippen molar-refractivity contribution >= 4 is 0 Å². The van der Waals surface area contributed by atoms with Crippen molar-refractivity contribution in [3.63, 3.8) is 0 Å². The van der Waals surface area contributed by atoms with Crippen molar-refractivity contribution in [1.82, 2.24) is 4.90 Å². The zero-order valence-electron chi connectivity index (χ0n) is 12.1. The van der Waals surface area contributed by atoms with E-state index in [0.29, 0.717) is 11.8 Å². The van der Waals surface area contributed by atoms with Gasteiger partial charge >= 0.3 is 0 Å². The predicted molar refractivity (Wildman–Crippen MR) is 72.4 cm³/mol. The van der Waals surface area contributed by atoms with Gasteiger partial charge in [-0.25, -0.2) is 0 Å². The molecule has 0 aromatic heterocycles. The first-order valence-corrected chi connectivity index (χ1v) is 6.73. The minimum Gasteiger partial charge on any atom is -0.302 e. The lowest BCUT2D eigenvalue weighted by molar-refractivity contribution is 0.135. The van der Waals surface area contributed by atoms with Crippen molar-refractivity contribution in [2.45, 2.75) is 60.8 Å². The third-order valence-electron chi connectivity index (χ3n) is 2.75. The van der Waals surface area contributed by atoms with Crippen LogP contribution in [0.15, 0.2) is 0 Å². The number of piperidine rings is 1. The Balaban J connectivity index is 0. The van der Waals surface area contributed by atoms with Gasteiger partial charge in [0.15, 0.2) is 0 Å². The summed E-state index contributed by atoms with van der Waals surface area (Å²) in [6.45, 7) is 16.0. The van der Waals surface area contributed by atoms with Crippen LogP contribution in [0, 0.1) is 16.7 Å². The molecule has 0 saturated carbocycles. The van der Waals surface area contributed by atoms with E-state index in [1.807, 2.05) is 27.7 Å². The van der Waals surface area contributed by atoms with Crippen LogP contribution in [-0.2, 0) is 0 Å². The molecule has 2 heteroatoms. The first kappa shape index (κ1) is 17.8. The van der Waals surface area contributed by atoms with Gasteiger partial charge in [0.1, 0.15) is 0 Å². The van der Waals surface area contributed by atoms with E-state index in [2.05, 4.69) is 24.8 Å². The first-order chi connectivity index (χ1) is 7.64. The van der Waals surface area contributed by atoms with Crippen molar-refractivity contribution in [3.05, 3.63) is 0 Å². The SMILES string of the molecule is CC.CC.CC1(C)CCN(CCC#N)CC1. The molecule has 0 radical (unpaired) electrons. The Morgan fingerprint density at radius 1 is 1.06 bits per heavy atom. The summed E-state index contributed by atoms with van der Waals surface area (Å²) < 4.78 is 0. The number of nitriles is 1. The van der Waals surface area contributed by atoms with Crippen LogP contribution in [-0.4, -0.2) is 24.5 Å². The van der Waals surface area contributed by atoms with Crippen LogP contribution in [0.1, 0.15) is 60.8 Å². The second-order valence-corrected chi connectivity index (χ2v) is 4.41. The molecule has 0 aromatic carbocycles. The molecule has 1 aliphatic rings. The molecule has 0 aliphatic carbocycles. The molecule has 1 fully saturated rings. The number of nitrogens with zero attached hydrogens (tertiary/aromatic N) is 2. The molecule has 0 amide bonds. The summed E-state index contributed by atoms with van der Waals surface area (Å²) in [6.07, 6.45) is 3.23. The highest BCUT2D eigenvalue weighted by atomic mass is 15.1. The highest BCUT2D eigenvalue weighted by Gasteiger charge is 2.24. The van der Waals surface area contributed by atoms with E-state index in [1.54, 1.807) is 0 Å². The maximum absolute atomic E-state index is 8.42. The third kappa shape index (κ3) is 8.73. The normalized spacial score (nSPS) is 18.3. The molecular formula is C14H30N2. The fourth-order valence-electron chi connectivity index (χ4n) is 1.59. The van der Waals surface area contributed by atoms with Gasteiger partial charge in [0.05, 0.1) is 6.07 Å². The second kappa shape index (κ2) is 11.0. The van der Waals surface area contributed by atoms with Crippen LogP contribution in [0.25, 0.3) is 0 Å². The molecule has 1 rings (SSSR count). The molecule has 0 spiro atoms. The van der Waals surface area contributed by atoms with Crippen molar-refractivity contribution in [1.29, 1.82) is 5.26 Å². The minimum absolute atomic E-state index is 0.531. The summed E-state index contributed by atoms with van der Waals surface area (Å²) in [5.41, 5.74) is 0.531. The topological polar surface area (TPSA) is 27.0 Å². The first-order valence-electron chi connectivity index (χ1n) is 6.73. The molecular weight excluding hydrogens is 196 g/mol. The molecule has 1 heterocycles. The van der Waals surface area contributed by atoms with E-state index >= 15 is 0 Å². The second-order valence-electron chi connectivity index (χ2n) is 4.41. The highest BCUT2D eigenvalue weighted by Crippen LogP contribution is 2.29. The lowest BCUT2D eigenvalue weighted by Crippen LogP contribution is -2.37. The van der Waals surface area contributed by atoms with Crippen LogP contribution in [0.5, 0.6) is 0 Å². The maximum Gasteiger partial charge on any atom is 0.0635 e. The standard InChI is InChI=1S/C10H18N2.2C2H6/c1-10(2)4-8-12(9-5-10)7-3-6-11;2*1-2/h3-5,7-9H2,1-2H3;2*1-2H3. The van der Waals surface area contributed by atoms with E-state index in [4.69, 9.17) is 5.26 Å². The molecule has 0 atom stereocenters. The van der Waals surface area contributed by atoms with Gasteiger partial charge in [0.25, 0.3) is 0 Å². The number of likely N-dealkylation sites (tertiary alicyclic amines) is 1. The van der Waals surface area contributed by atoms with Gasteiger partial charge in [-0.3, -0.25) is 0 Å². The predicted octanol–water partition coefficient (Wildman–Crippen LogP) is 4.07. The van der Waals surface area contributed by atoms with E-state index in [-0.39, 0.29) is 0 Å². The summed E-state index contributed by atoms with van der Waals surface area (Å²) in [6, 6.07) is 2.19. The van der Waals surface area contributed by atoms with Crippen LogP contribution < -0.4 is 0 Å². The average Bonchev–Trinajstić information content (AvgIpc) is 2.33. The average molecular weight is 226 g/mol. The molecule has 1 aliphatic heterocycles. The Hall–Kier alpha value is -0.550. The molecule has 0 N–H and O–H groups in total. The number of rotatable bonds is 2. The summed E-state index contributed by atoms with van der Waals surface area (Å²) >= 11 is 0. The van der Waals surface area contributed by atoms with E-state index in [1.165, 1.54) is 25.9 Å². The number of hydrogen-bond donors (Lipinski definition) is 0. The molecule has 0 aromatic rings. The Labute approximate surface area is 103 Å². The maximum atomic E-state index is 8.42. The van der Waals surface area contributed by atoms with Crippen LogP contribution in [0.4, 0.5) is 0 Å². The van der Waals surface area contributed by atoms with Gasteiger partial charge in [-0.05, 0) is 31.3 Å². The van der Waals surface area contributed by atoms with Gasteiger partial charge in [-0.1, -0.05) is 41.5 Å². The Kier molecular flexibility index (Phi) is 12.2. The molecule has 1 saturated heterocycles. The van der Waals surface area contributed by atoms with Crippen LogP contribution >= 0.6 is 0 Å². The molecule has 16 heavy (non-hydrogen) atoms. The van der Waals surface area contributed by atoms with E-state index < -0.39 is 0 Å². The Morgan fingerprint density at radius 3 is 1.88 bits per heavy atom. The molecule has 0 bridgehead atoms. The largest absolute Gasteiger partial charge is 0.302 e. The van der Waals surface area contributed by atoms with E-state index in [9.17, 15) is 0 Å².